The maximum absolute atomic E-state index is 12.8. The number of nitrogens with zero attached hydrogens (tertiary/aromatic N) is 1. The summed E-state index contributed by atoms with van der Waals surface area (Å²) in [4.78, 5) is 0.328. The number of hydrogen-bond acceptors (Lipinski definition) is 3. The van der Waals surface area contributed by atoms with Crippen molar-refractivity contribution in [2.75, 3.05) is 13.1 Å². The monoisotopic (exact) mass is 311 g/mol. The summed E-state index contributed by atoms with van der Waals surface area (Å²) in [7, 11) is -3.46. The quantitative estimate of drug-likeness (QED) is 0.930. The van der Waals surface area contributed by atoms with Gasteiger partial charge in [0, 0.05) is 13.1 Å². The van der Waals surface area contributed by atoms with Gasteiger partial charge in [-0.25, -0.2) is 8.42 Å². The van der Waals surface area contributed by atoms with E-state index in [1.54, 1.807) is 29.4 Å². The summed E-state index contributed by atoms with van der Waals surface area (Å²) in [6, 6.07) is 5.12. The van der Waals surface area contributed by atoms with Gasteiger partial charge in [0.2, 0.25) is 10.0 Å². The Morgan fingerprint density at radius 1 is 1.29 bits per heavy atom. The maximum atomic E-state index is 12.8. The normalized spacial score (nSPS) is 19.6. The van der Waals surface area contributed by atoms with Crippen LogP contribution in [0.2, 0.25) is 0 Å². The van der Waals surface area contributed by atoms with Gasteiger partial charge in [0.1, 0.15) is 0 Å². The first-order valence-electron chi connectivity index (χ1n) is 7.53. The number of aryl methyl sites for hydroxylation is 1. The van der Waals surface area contributed by atoms with Crippen molar-refractivity contribution in [2.45, 2.75) is 51.5 Å². The Hall–Kier alpha value is -0.910. The highest BCUT2D eigenvalue weighted by molar-refractivity contribution is 7.89. The van der Waals surface area contributed by atoms with Crippen molar-refractivity contribution >= 4 is 10.0 Å². The Balaban J connectivity index is 2.27. The summed E-state index contributed by atoms with van der Waals surface area (Å²) in [6.07, 6.45) is 2.89. The standard InChI is InChI=1S/C16H25NO3S/c1-4-16(3)7-9-17(10-8-16)21(19,20)15-11-14(12-18)6-5-13(15)2/h5-6,11,18H,4,7-10,12H2,1-3H3. The van der Waals surface area contributed by atoms with Crippen molar-refractivity contribution in [1.29, 1.82) is 0 Å². The highest BCUT2D eigenvalue weighted by atomic mass is 32.2. The van der Waals surface area contributed by atoms with Crippen molar-refractivity contribution in [3.05, 3.63) is 29.3 Å². The molecule has 4 nitrogen and oxygen atoms in total. The first-order valence-corrected chi connectivity index (χ1v) is 8.97. The molecule has 0 radical (unpaired) electrons. The number of aliphatic hydroxyl groups excluding tert-OH is 1. The Labute approximate surface area is 127 Å². The minimum atomic E-state index is -3.46. The third-order valence-corrected chi connectivity index (χ3v) is 6.88. The van der Waals surface area contributed by atoms with Gasteiger partial charge < -0.3 is 5.11 Å². The minimum absolute atomic E-state index is 0.142. The van der Waals surface area contributed by atoms with Crippen LogP contribution in [0, 0.1) is 12.3 Å². The highest BCUT2D eigenvalue weighted by Gasteiger charge is 2.34. The van der Waals surface area contributed by atoms with Crippen LogP contribution in [0.25, 0.3) is 0 Å². The van der Waals surface area contributed by atoms with Gasteiger partial charge in [-0.15, -0.1) is 0 Å². The highest BCUT2D eigenvalue weighted by Crippen LogP contribution is 2.36. The van der Waals surface area contributed by atoms with Crippen molar-refractivity contribution in [2.24, 2.45) is 5.41 Å². The molecule has 5 heteroatoms. The smallest absolute Gasteiger partial charge is 0.243 e. The molecule has 0 aromatic heterocycles. The van der Waals surface area contributed by atoms with Crippen molar-refractivity contribution in [1.82, 2.24) is 4.31 Å². The second-order valence-corrected chi connectivity index (χ2v) is 8.23. The molecule has 1 saturated heterocycles. The number of sulfonamides is 1. The van der Waals surface area contributed by atoms with Crippen molar-refractivity contribution in [3.8, 4) is 0 Å². The molecule has 0 aliphatic carbocycles. The third kappa shape index (κ3) is 3.30. The lowest BCUT2D eigenvalue weighted by Gasteiger charge is -2.38. The molecule has 1 aliphatic heterocycles. The van der Waals surface area contributed by atoms with Gasteiger partial charge >= 0.3 is 0 Å². The van der Waals surface area contributed by atoms with Gasteiger partial charge in [0.05, 0.1) is 11.5 Å². The topological polar surface area (TPSA) is 57.6 Å². The number of rotatable bonds is 4. The zero-order chi connectivity index (χ0) is 15.7. The molecule has 1 heterocycles. The van der Waals surface area contributed by atoms with Gasteiger partial charge in [0.15, 0.2) is 0 Å². The number of piperidine rings is 1. The van der Waals surface area contributed by atoms with E-state index >= 15 is 0 Å². The first kappa shape index (κ1) is 16.5. The van der Waals surface area contributed by atoms with Gasteiger partial charge in [-0.3, -0.25) is 0 Å². The molecule has 0 bridgehead atoms. The van der Waals surface area contributed by atoms with E-state index in [0.29, 0.717) is 23.5 Å². The van der Waals surface area contributed by atoms with Gasteiger partial charge in [-0.2, -0.15) is 4.31 Å². The lowest BCUT2D eigenvalue weighted by atomic mass is 9.79. The zero-order valence-corrected chi connectivity index (χ0v) is 13.9. The fourth-order valence-corrected chi connectivity index (χ4v) is 4.50. The lowest BCUT2D eigenvalue weighted by Crippen LogP contribution is -2.42. The molecular weight excluding hydrogens is 286 g/mol. The Kier molecular flexibility index (Phi) is 4.76. The molecular formula is C16H25NO3S. The predicted octanol–water partition coefficient (Wildman–Crippen LogP) is 2.69. The van der Waals surface area contributed by atoms with Gasteiger partial charge in [0.25, 0.3) is 0 Å². The second kappa shape index (κ2) is 6.07. The minimum Gasteiger partial charge on any atom is -0.392 e. The van der Waals surface area contributed by atoms with Crippen LogP contribution < -0.4 is 0 Å². The lowest BCUT2D eigenvalue weighted by molar-refractivity contribution is 0.169. The third-order valence-electron chi connectivity index (χ3n) is 4.84. The van der Waals surface area contributed by atoms with Gasteiger partial charge in [-0.1, -0.05) is 32.4 Å². The van der Waals surface area contributed by atoms with Gasteiger partial charge in [-0.05, 0) is 42.4 Å². The van der Waals surface area contributed by atoms with Crippen molar-refractivity contribution < 1.29 is 13.5 Å². The van der Waals surface area contributed by atoms with Crippen LogP contribution in [0.3, 0.4) is 0 Å². The average molecular weight is 311 g/mol. The molecule has 1 fully saturated rings. The largest absolute Gasteiger partial charge is 0.392 e. The maximum Gasteiger partial charge on any atom is 0.243 e. The summed E-state index contributed by atoms with van der Waals surface area (Å²) >= 11 is 0. The molecule has 0 atom stereocenters. The van der Waals surface area contributed by atoms with Crippen LogP contribution in [0.15, 0.2) is 23.1 Å². The Morgan fingerprint density at radius 2 is 1.90 bits per heavy atom. The van der Waals surface area contributed by atoms with E-state index in [1.807, 2.05) is 0 Å². The fraction of sp³-hybridized carbons (Fsp3) is 0.625. The van der Waals surface area contributed by atoms with E-state index in [1.165, 1.54) is 0 Å². The molecule has 0 unspecified atom stereocenters. The van der Waals surface area contributed by atoms with E-state index in [2.05, 4.69) is 13.8 Å². The molecule has 118 valence electrons. The van der Waals surface area contributed by atoms with E-state index in [0.717, 1.165) is 24.8 Å². The molecule has 1 aromatic carbocycles. The fourth-order valence-electron chi connectivity index (χ4n) is 2.78. The molecule has 2 rings (SSSR count). The Morgan fingerprint density at radius 3 is 2.43 bits per heavy atom. The zero-order valence-electron chi connectivity index (χ0n) is 13.1. The van der Waals surface area contributed by atoms with Crippen LogP contribution >= 0.6 is 0 Å². The predicted molar refractivity (Wildman–Crippen MR) is 83.5 cm³/mol. The van der Waals surface area contributed by atoms with E-state index in [-0.39, 0.29) is 12.0 Å². The molecule has 1 aromatic rings. The average Bonchev–Trinajstić information content (AvgIpc) is 2.48. The summed E-state index contributed by atoms with van der Waals surface area (Å²) in [5, 5.41) is 9.22. The second-order valence-electron chi connectivity index (χ2n) is 6.33. The molecule has 1 N–H and O–H groups in total. The number of aliphatic hydroxyl groups is 1. The van der Waals surface area contributed by atoms with E-state index in [4.69, 9.17) is 0 Å². The van der Waals surface area contributed by atoms with Crippen LogP contribution in [0.4, 0.5) is 0 Å². The molecule has 1 aliphatic rings. The summed E-state index contributed by atoms with van der Waals surface area (Å²) in [6.45, 7) is 7.21. The van der Waals surface area contributed by atoms with E-state index < -0.39 is 10.0 Å². The first-order chi connectivity index (χ1) is 9.82. The summed E-state index contributed by atoms with van der Waals surface area (Å²) in [5.74, 6) is 0. The summed E-state index contributed by atoms with van der Waals surface area (Å²) in [5.41, 5.74) is 1.62. The SMILES string of the molecule is CCC1(C)CCN(S(=O)(=O)c2cc(CO)ccc2C)CC1. The van der Waals surface area contributed by atoms with Crippen LogP contribution in [0.5, 0.6) is 0 Å². The van der Waals surface area contributed by atoms with Crippen molar-refractivity contribution in [3.63, 3.8) is 0 Å². The summed E-state index contributed by atoms with van der Waals surface area (Å²) < 4.78 is 27.2. The van der Waals surface area contributed by atoms with Crippen LogP contribution in [0.1, 0.15) is 44.2 Å². The molecule has 21 heavy (non-hydrogen) atoms. The Bertz CT molecular complexity index is 602. The molecule has 0 spiro atoms. The van der Waals surface area contributed by atoms with Crippen LogP contribution in [-0.4, -0.2) is 30.9 Å². The molecule has 0 amide bonds. The molecule has 0 saturated carbocycles. The number of hydrogen-bond donors (Lipinski definition) is 1. The van der Waals surface area contributed by atoms with E-state index in [9.17, 15) is 13.5 Å². The van der Waals surface area contributed by atoms with Crippen LogP contribution in [-0.2, 0) is 16.6 Å². The number of benzene rings is 1.